The summed E-state index contributed by atoms with van der Waals surface area (Å²) in [6.07, 6.45) is 7.07. The van der Waals surface area contributed by atoms with Crippen molar-refractivity contribution in [3.63, 3.8) is 0 Å². The number of aromatic nitrogens is 4. The van der Waals surface area contributed by atoms with E-state index >= 15 is 0 Å². The maximum atomic E-state index is 12.5. The van der Waals surface area contributed by atoms with E-state index in [1.807, 2.05) is 6.92 Å². The summed E-state index contributed by atoms with van der Waals surface area (Å²) in [6, 6.07) is 3.56. The Hall–Kier alpha value is -2.57. The third kappa shape index (κ3) is 6.56. The van der Waals surface area contributed by atoms with Gasteiger partial charge in [-0.25, -0.2) is 9.71 Å². The molecule has 0 amide bonds. The standard InChI is InChI=1S/C23H34N6O5S/c1-15-21(34-18-9-5-8-17(12-18)23(30)31)11-10-19(26-15)22-20(29(2)28-27-22)14-25-35(32,33)24-13-16-6-3-4-7-16/h10-11,16-18,24-25H,3-9,12-14H2,1-2H3,(H,30,31)/t17?,18-/m0/s1. The van der Waals surface area contributed by atoms with E-state index in [2.05, 4.69) is 24.7 Å². The zero-order chi connectivity index (χ0) is 25.0. The van der Waals surface area contributed by atoms with E-state index in [-0.39, 0.29) is 18.6 Å². The minimum absolute atomic E-state index is 0.0243. The van der Waals surface area contributed by atoms with E-state index < -0.39 is 16.2 Å². The van der Waals surface area contributed by atoms with E-state index in [4.69, 9.17) is 4.74 Å². The largest absolute Gasteiger partial charge is 0.489 e. The predicted octanol–water partition coefficient (Wildman–Crippen LogP) is 2.32. The molecule has 35 heavy (non-hydrogen) atoms. The molecule has 0 saturated heterocycles. The summed E-state index contributed by atoms with van der Waals surface area (Å²) in [5, 5.41) is 17.6. The minimum atomic E-state index is -3.65. The van der Waals surface area contributed by atoms with Crippen molar-refractivity contribution in [3.05, 3.63) is 23.5 Å². The van der Waals surface area contributed by atoms with E-state index in [9.17, 15) is 18.3 Å². The molecule has 0 radical (unpaired) electrons. The van der Waals surface area contributed by atoms with Gasteiger partial charge in [0.1, 0.15) is 11.4 Å². The van der Waals surface area contributed by atoms with Crippen LogP contribution in [0.25, 0.3) is 11.4 Å². The van der Waals surface area contributed by atoms with Gasteiger partial charge < -0.3 is 9.84 Å². The summed E-state index contributed by atoms with van der Waals surface area (Å²) >= 11 is 0. The van der Waals surface area contributed by atoms with Crippen LogP contribution in [0.2, 0.25) is 0 Å². The Bertz CT molecular complexity index is 1150. The van der Waals surface area contributed by atoms with E-state index in [0.29, 0.717) is 53.8 Å². The number of nitrogens with zero attached hydrogens (tertiary/aromatic N) is 4. The third-order valence-corrected chi connectivity index (χ3v) is 8.03. The molecular weight excluding hydrogens is 472 g/mol. The molecule has 3 N–H and O–H groups in total. The van der Waals surface area contributed by atoms with Gasteiger partial charge in [-0.05, 0) is 63.5 Å². The second kappa shape index (κ2) is 11.0. The molecule has 4 rings (SSSR count). The highest BCUT2D eigenvalue weighted by Crippen LogP contribution is 2.30. The lowest BCUT2D eigenvalue weighted by molar-refractivity contribution is -0.143. The zero-order valence-electron chi connectivity index (χ0n) is 20.2. The number of nitrogens with one attached hydrogen (secondary N) is 2. The van der Waals surface area contributed by atoms with Crippen molar-refractivity contribution in [1.82, 2.24) is 29.4 Å². The maximum Gasteiger partial charge on any atom is 0.306 e. The van der Waals surface area contributed by atoms with Crippen molar-refractivity contribution >= 4 is 16.2 Å². The second-order valence-corrected chi connectivity index (χ2v) is 11.1. The third-order valence-electron chi connectivity index (χ3n) is 6.96. The average Bonchev–Trinajstić information content (AvgIpc) is 3.48. The SMILES string of the molecule is Cc1nc(-c2nnn(C)c2CNS(=O)(=O)NCC2CCCC2)ccc1O[C@H]1CCCC(C(=O)O)C1. The van der Waals surface area contributed by atoms with Crippen molar-refractivity contribution in [2.75, 3.05) is 6.54 Å². The molecule has 2 aliphatic carbocycles. The fraction of sp³-hybridized carbons (Fsp3) is 0.652. The molecule has 0 aromatic carbocycles. The van der Waals surface area contributed by atoms with Crippen LogP contribution in [0.1, 0.15) is 62.8 Å². The quantitative estimate of drug-likeness (QED) is 0.445. The summed E-state index contributed by atoms with van der Waals surface area (Å²) in [5.74, 6) is -0.146. The molecule has 1 unspecified atom stereocenters. The summed E-state index contributed by atoms with van der Waals surface area (Å²) < 4.78 is 37.8. The van der Waals surface area contributed by atoms with Crippen LogP contribution in [-0.2, 0) is 28.6 Å². The molecule has 0 bridgehead atoms. The van der Waals surface area contributed by atoms with Crippen LogP contribution >= 0.6 is 0 Å². The summed E-state index contributed by atoms with van der Waals surface area (Å²) in [4.78, 5) is 16.0. The number of ether oxygens (including phenoxy) is 1. The fourth-order valence-electron chi connectivity index (χ4n) is 4.89. The first kappa shape index (κ1) is 25.5. The van der Waals surface area contributed by atoms with Crippen molar-refractivity contribution in [3.8, 4) is 17.1 Å². The normalized spacial score (nSPS) is 21.3. The van der Waals surface area contributed by atoms with Gasteiger partial charge in [-0.3, -0.25) is 9.48 Å². The number of pyridine rings is 1. The number of hydrogen-bond acceptors (Lipinski definition) is 7. The number of carbonyl (C=O) groups is 1. The molecule has 2 saturated carbocycles. The van der Waals surface area contributed by atoms with Gasteiger partial charge in [0.05, 0.1) is 35.6 Å². The lowest BCUT2D eigenvalue weighted by Gasteiger charge is -2.27. The van der Waals surface area contributed by atoms with Crippen LogP contribution in [0, 0.1) is 18.8 Å². The number of aliphatic carboxylic acids is 1. The number of carboxylic acids is 1. The van der Waals surface area contributed by atoms with Gasteiger partial charge in [-0.2, -0.15) is 13.1 Å². The number of rotatable bonds is 10. The minimum Gasteiger partial charge on any atom is -0.489 e. The van der Waals surface area contributed by atoms with Gasteiger partial charge in [0.25, 0.3) is 10.2 Å². The molecule has 2 aromatic heterocycles. The number of aryl methyl sites for hydroxylation is 2. The highest BCUT2D eigenvalue weighted by Gasteiger charge is 2.28. The van der Waals surface area contributed by atoms with Crippen LogP contribution < -0.4 is 14.2 Å². The molecule has 2 aromatic rings. The van der Waals surface area contributed by atoms with Crippen molar-refractivity contribution in [2.24, 2.45) is 18.9 Å². The summed E-state index contributed by atoms with van der Waals surface area (Å²) in [7, 11) is -1.95. The van der Waals surface area contributed by atoms with Crippen LogP contribution in [0.15, 0.2) is 12.1 Å². The van der Waals surface area contributed by atoms with Crippen molar-refractivity contribution < 1.29 is 23.1 Å². The predicted molar refractivity (Wildman–Crippen MR) is 129 cm³/mol. The molecule has 0 spiro atoms. The molecule has 2 fully saturated rings. The Balaban J connectivity index is 1.41. The van der Waals surface area contributed by atoms with Crippen LogP contribution in [-0.4, -0.2) is 52.1 Å². The van der Waals surface area contributed by atoms with E-state index in [0.717, 1.165) is 38.5 Å². The van der Waals surface area contributed by atoms with Crippen LogP contribution in [0.5, 0.6) is 5.75 Å². The monoisotopic (exact) mass is 506 g/mol. The second-order valence-electron chi connectivity index (χ2n) is 9.55. The smallest absolute Gasteiger partial charge is 0.306 e. The topological polar surface area (TPSA) is 148 Å². The molecule has 12 heteroatoms. The average molecular weight is 507 g/mol. The highest BCUT2D eigenvalue weighted by atomic mass is 32.2. The molecule has 2 heterocycles. The Morgan fingerprint density at radius 1 is 1.17 bits per heavy atom. The zero-order valence-corrected chi connectivity index (χ0v) is 21.1. The number of hydrogen-bond donors (Lipinski definition) is 3. The van der Waals surface area contributed by atoms with Crippen LogP contribution in [0.4, 0.5) is 0 Å². The lowest BCUT2D eigenvalue weighted by Crippen LogP contribution is -2.38. The Morgan fingerprint density at radius 3 is 2.66 bits per heavy atom. The molecule has 192 valence electrons. The van der Waals surface area contributed by atoms with Gasteiger partial charge in [-0.15, -0.1) is 5.10 Å². The van der Waals surface area contributed by atoms with Gasteiger partial charge in [-0.1, -0.05) is 18.1 Å². The first-order valence-electron chi connectivity index (χ1n) is 12.2. The fourth-order valence-corrected chi connectivity index (χ4v) is 5.77. The van der Waals surface area contributed by atoms with E-state index in [1.54, 1.807) is 19.2 Å². The highest BCUT2D eigenvalue weighted by molar-refractivity contribution is 7.87. The molecule has 2 aliphatic rings. The molecular formula is C23H34N6O5S. The van der Waals surface area contributed by atoms with E-state index in [1.165, 1.54) is 4.68 Å². The Kier molecular flexibility index (Phi) is 8.02. The molecule has 0 aliphatic heterocycles. The summed E-state index contributed by atoms with van der Waals surface area (Å²) in [6.45, 7) is 2.29. The van der Waals surface area contributed by atoms with Gasteiger partial charge >= 0.3 is 5.97 Å². The lowest BCUT2D eigenvalue weighted by atomic mass is 9.87. The molecule has 2 atom stereocenters. The maximum absolute atomic E-state index is 12.5. The van der Waals surface area contributed by atoms with Gasteiger partial charge in [0, 0.05) is 13.6 Å². The van der Waals surface area contributed by atoms with Crippen molar-refractivity contribution in [2.45, 2.75) is 70.9 Å². The Labute approximate surface area is 205 Å². The Morgan fingerprint density at radius 2 is 1.94 bits per heavy atom. The van der Waals surface area contributed by atoms with Gasteiger partial charge in [0.2, 0.25) is 0 Å². The first-order chi connectivity index (χ1) is 16.7. The van der Waals surface area contributed by atoms with Crippen LogP contribution in [0.3, 0.4) is 0 Å². The van der Waals surface area contributed by atoms with Crippen molar-refractivity contribution in [1.29, 1.82) is 0 Å². The summed E-state index contributed by atoms with van der Waals surface area (Å²) in [5.41, 5.74) is 2.29. The first-order valence-corrected chi connectivity index (χ1v) is 13.7. The van der Waals surface area contributed by atoms with Gasteiger partial charge in [0.15, 0.2) is 0 Å². The number of carboxylic acid groups (broad SMARTS) is 1. The molecule has 11 nitrogen and oxygen atoms in total.